The van der Waals surface area contributed by atoms with Crippen molar-refractivity contribution in [1.29, 1.82) is 0 Å². The van der Waals surface area contributed by atoms with E-state index in [0.29, 0.717) is 17.3 Å². The number of esters is 1. The number of nitrogens with zero attached hydrogens (tertiary/aromatic N) is 2. The zero-order chi connectivity index (χ0) is 29.5. The van der Waals surface area contributed by atoms with Gasteiger partial charge in [0.25, 0.3) is 0 Å². The number of aromatic nitrogens is 2. The molecule has 0 atom stereocenters. The van der Waals surface area contributed by atoms with Crippen LogP contribution in [0, 0.1) is 0 Å². The second-order valence-corrected chi connectivity index (χ2v) is 9.74. The molecule has 0 saturated carbocycles. The maximum Gasteiger partial charge on any atom is 0.485 e. The lowest BCUT2D eigenvalue weighted by Crippen LogP contribution is -2.42. The number of carbonyl (C=O) groups excluding carboxylic acids is 1. The van der Waals surface area contributed by atoms with E-state index in [1.54, 1.807) is 18.3 Å². The summed E-state index contributed by atoms with van der Waals surface area (Å²) in [7, 11) is -6.09. The predicted octanol–water partition coefficient (Wildman–Crippen LogP) is 5.96. The van der Waals surface area contributed by atoms with Crippen molar-refractivity contribution in [2.24, 2.45) is 0 Å². The summed E-state index contributed by atoms with van der Waals surface area (Å²) in [6.45, 7) is 0. The number of carbonyl (C=O) groups is 1. The SMILES string of the molecule is O=C(Oc1ccccc1)c1cc(-c2ccccc2)cc(-c2ccccc2)[n+]1-c1ccccn1.O=S(=O)([O-])C(F)(F)F. The molecule has 2 aromatic heterocycles. The minimum Gasteiger partial charge on any atom is -0.741 e. The van der Waals surface area contributed by atoms with E-state index in [1.807, 2.05) is 108 Å². The van der Waals surface area contributed by atoms with Gasteiger partial charge in [0.05, 0.1) is 0 Å². The van der Waals surface area contributed by atoms with Gasteiger partial charge < -0.3 is 9.29 Å². The Kier molecular flexibility index (Phi) is 8.91. The Morgan fingerprint density at radius 1 is 0.732 bits per heavy atom. The molecule has 11 heteroatoms. The second kappa shape index (κ2) is 12.5. The molecule has 0 unspecified atom stereocenters. The third kappa shape index (κ3) is 7.41. The molecule has 208 valence electrons. The quantitative estimate of drug-likeness (QED) is 0.0839. The molecular weight excluding hydrogens is 557 g/mol. The summed E-state index contributed by atoms with van der Waals surface area (Å²) < 4.78 is 66.5. The molecule has 7 nitrogen and oxygen atoms in total. The van der Waals surface area contributed by atoms with Gasteiger partial charge >= 0.3 is 17.3 Å². The van der Waals surface area contributed by atoms with Crippen LogP contribution in [0.15, 0.2) is 128 Å². The Balaban J connectivity index is 0.000000426. The van der Waals surface area contributed by atoms with Crippen LogP contribution in [0.2, 0.25) is 0 Å². The van der Waals surface area contributed by atoms with Crippen LogP contribution in [0.5, 0.6) is 5.75 Å². The van der Waals surface area contributed by atoms with E-state index in [2.05, 4.69) is 11.1 Å². The Morgan fingerprint density at radius 2 is 1.24 bits per heavy atom. The summed E-state index contributed by atoms with van der Waals surface area (Å²) in [6, 6.07) is 38.7. The Labute approximate surface area is 233 Å². The number of hydrogen-bond donors (Lipinski definition) is 0. The zero-order valence-corrected chi connectivity index (χ0v) is 21.9. The highest BCUT2D eigenvalue weighted by molar-refractivity contribution is 7.86. The van der Waals surface area contributed by atoms with E-state index < -0.39 is 21.6 Å². The van der Waals surface area contributed by atoms with Crippen LogP contribution in [0.1, 0.15) is 10.5 Å². The van der Waals surface area contributed by atoms with Gasteiger partial charge in [0, 0.05) is 17.7 Å². The molecule has 0 N–H and O–H groups in total. The Morgan fingerprint density at radius 3 is 1.76 bits per heavy atom. The lowest BCUT2D eigenvalue weighted by Gasteiger charge is -2.14. The molecule has 0 aliphatic rings. The first kappa shape index (κ1) is 29.1. The van der Waals surface area contributed by atoms with Crippen LogP contribution in [0.4, 0.5) is 13.2 Å². The smallest absolute Gasteiger partial charge is 0.485 e. The molecule has 0 fully saturated rings. The van der Waals surface area contributed by atoms with Gasteiger partial charge in [0.15, 0.2) is 10.1 Å². The van der Waals surface area contributed by atoms with Crippen molar-refractivity contribution in [3.05, 3.63) is 133 Å². The average Bonchev–Trinajstić information content (AvgIpc) is 2.97. The van der Waals surface area contributed by atoms with E-state index in [9.17, 15) is 18.0 Å². The summed E-state index contributed by atoms with van der Waals surface area (Å²) >= 11 is 0. The van der Waals surface area contributed by atoms with Crippen molar-refractivity contribution >= 4 is 16.1 Å². The fourth-order valence-electron chi connectivity index (χ4n) is 3.74. The molecule has 0 radical (unpaired) electrons. The van der Waals surface area contributed by atoms with Gasteiger partial charge in [-0.05, 0) is 40.4 Å². The van der Waals surface area contributed by atoms with E-state index >= 15 is 0 Å². The van der Waals surface area contributed by atoms with E-state index in [0.717, 1.165) is 22.4 Å². The molecule has 41 heavy (non-hydrogen) atoms. The summed E-state index contributed by atoms with van der Waals surface area (Å²) in [5, 5.41) is 0. The third-order valence-corrected chi connectivity index (χ3v) is 6.13. The number of pyridine rings is 2. The van der Waals surface area contributed by atoms with Gasteiger partial charge in [0.2, 0.25) is 5.69 Å². The third-order valence-electron chi connectivity index (χ3n) is 5.57. The van der Waals surface area contributed by atoms with Crippen LogP contribution in [0.3, 0.4) is 0 Å². The van der Waals surface area contributed by atoms with Gasteiger partial charge in [-0.1, -0.05) is 84.9 Å². The predicted molar refractivity (Wildman–Crippen MR) is 144 cm³/mol. The van der Waals surface area contributed by atoms with E-state index in [4.69, 9.17) is 17.7 Å². The van der Waals surface area contributed by atoms with Crippen molar-refractivity contribution < 1.29 is 40.2 Å². The first-order chi connectivity index (χ1) is 19.5. The number of ether oxygens (including phenoxy) is 1. The van der Waals surface area contributed by atoms with Crippen LogP contribution in [-0.2, 0) is 10.1 Å². The maximum atomic E-state index is 13.5. The second-order valence-electron chi connectivity index (χ2n) is 8.37. The van der Waals surface area contributed by atoms with Crippen LogP contribution in [-0.4, -0.2) is 29.4 Å². The Bertz CT molecular complexity index is 1720. The number of rotatable bonds is 5. The maximum absolute atomic E-state index is 13.5. The lowest BCUT2D eigenvalue weighted by atomic mass is 10.0. The molecule has 0 bridgehead atoms. The van der Waals surface area contributed by atoms with Crippen molar-refractivity contribution in [2.45, 2.75) is 5.51 Å². The number of halogens is 3. The van der Waals surface area contributed by atoms with Gasteiger partial charge in [-0.3, -0.25) is 0 Å². The summed E-state index contributed by atoms with van der Waals surface area (Å²) in [4.78, 5) is 18.0. The largest absolute Gasteiger partial charge is 0.741 e. The highest BCUT2D eigenvalue weighted by Crippen LogP contribution is 2.27. The number of hydrogen-bond acceptors (Lipinski definition) is 6. The molecule has 5 aromatic rings. The molecular formula is C30H21F3N2O5S. The fourth-order valence-corrected chi connectivity index (χ4v) is 3.74. The zero-order valence-electron chi connectivity index (χ0n) is 21.1. The first-order valence-electron chi connectivity index (χ1n) is 12.0. The van der Waals surface area contributed by atoms with E-state index in [-0.39, 0.29) is 0 Å². The van der Waals surface area contributed by atoms with Crippen LogP contribution < -0.4 is 9.30 Å². The molecule has 0 aliphatic carbocycles. The van der Waals surface area contributed by atoms with Crippen molar-refractivity contribution in [2.75, 3.05) is 0 Å². The minimum atomic E-state index is -6.09. The Hall–Kier alpha value is -4.87. The molecule has 0 spiro atoms. The molecule has 0 saturated heterocycles. The first-order valence-corrected chi connectivity index (χ1v) is 13.4. The molecule has 0 amide bonds. The van der Waals surface area contributed by atoms with E-state index in [1.165, 1.54) is 0 Å². The van der Waals surface area contributed by atoms with Crippen LogP contribution in [0.25, 0.3) is 28.2 Å². The van der Waals surface area contributed by atoms with Gasteiger partial charge in [-0.15, -0.1) is 0 Å². The van der Waals surface area contributed by atoms with Gasteiger partial charge in [-0.25, -0.2) is 13.2 Å². The van der Waals surface area contributed by atoms with Crippen molar-refractivity contribution in [3.8, 4) is 34.0 Å². The van der Waals surface area contributed by atoms with Crippen molar-refractivity contribution in [1.82, 2.24) is 4.98 Å². The van der Waals surface area contributed by atoms with Crippen LogP contribution >= 0.6 is 0 Å². The normalized spacial score (nSPS) is 11.2. The monoisotopic (exact) mass is 578 g/mol. The summed E-state index contributed by atoms with van der Waals surface area (Å²) in [5.74, 6) is 0.666. The highest BCUT2D eigenvalue weighted by Gasteiger charge is 2.37. The highest BCUT2D eigenvalue weighted by atomic mass is 32.2. The number of para-hydroxylation sites is 1. The summed E-state index contributed by atoms with van der Waals surface area (Å²) in [6.07, 6.45) is 1.72. The van der Waals surface area contributed by atoms with Crippen molar-refractivity contribution in [3.63, 3.8) is 0 Å². The summed E-state index contributed by atoms with van der Waals surface area (Å²) in [5.41, 5.74) is -1.52. The van der Waals surface area contributed by atoms with Gasteiger partial charge in [0.1, 0.15) is 17.6 Å². The standard InChI is InChI=1S/C29H21N2O2.CHF3O3S/c32-29(33-25-16-8-3-9-17-25)27-21-24(22-12-4-1-5-13-22)20-26(23-14-6-2-7-15-23)31(27)28-18-10-11-19-30-28;2-1(3,4)8(5,6)7/h1-21H;(H,5,6,7)/q+1;/p-1. The lowest BCUT2D eigenvalue weighted by molar-refractivity contribution is -0.590. The molecule has 3 aromatic carbocycles. The molecule has 5 rings (SSSR count). The average molecular weight is 579 g/mol. The molecule has 2 heterocycles. The topological polar surface area (TPSA) is 100 Å². The molecule has 0 aliphatic heterocycles. The fraction of sp³-hybridized carbons (Fsp3) is 0.0333. The number of benzene rings is 3. The minimum absolute atomic E-state index is 0.387. The van der Waals surface area contributed by atoms with Gasteiger partial charge in [-0.2, -0.15) is 17.7 Å². The number of alkyl halides is 3.